The summed E-state index contributed by atoms with van der Waals surface area (Å²) in [4.78, 5) is 16.6. The molecule has 0 saturated carbocycles. The molecule has 368 valence electrons. The fraction of sp³-hybridized carbons (Fsp3) is 0.394. The molecule has 4 heterocycles. The molecule has 0 atom stereocenters. The van der Waals surface area contributed by atoms with Crippen molar-refractivity contribution in [2.45, 2.75) is 169 Å². The molecular weight excluding hydrogens is 913 g/mol. The van der Waals surface area contributed by atoms with Gasteiger partial charge in [0.05, 0.1) is 22.4 Å². The second-order valence-corrected chi connectivity index (χ2v) is 29.5. The average molecular weight is 992 g/mol. The van der Waals surface area contributed by atoms with E-state index in [1.54, 1.807) is 10.4 Å². The quantitative estimate of drug-likeness (QED) is 0.0596. The number of fused-ring (bicyclic) bond motifs is 4. The summed E-state index contributed by atoms with van der Waals surface area (Å²) in [5.41, 5.74) is 16.7. The Morgan fingerprint density at radius 1 is 0.408 bits per heavy atom. The number of unbranched alkanes of at least 4 members (excludes halogenated alkanes) is 10. The van der Waals surface area contributed by atoms with E-state index in [9.17, 15) is 0 Å². The van der Waals surface area contributed by atoms with E-state index >= 15 is 0 Å². The third-order valence-electron chi connectivity index (χ3n) is 15.5. The molecule has 5 aromatic carbocycles. The molecule has 0 aliphatic carbocycles. The van der Waals surface area contributed by atoms with Crippen molar-refractivity contribution in [2.75, 3.05) is 0 Å². The van der Waals surface area contributed by atoms with Crippen molar-refractivity contribution < 1.29 is 0 Å². The summed E-state index contributed by atoms with van der Waals surface area (Å²) < 4.78 is 0. The Bertz CT molecular complexity index is 3080. The molecule has 71 heavy (non-hydrogen) atoms. The minimum Gasteiger partial charge on any atom is -0.243 e. The van der Waals surface area contributed by atoms with Crippen molar-refractivity contribution in [1.82, 2.24) is 9.97 Å². The molecule has 9 rings (SSSR count). The zero-order valence-electron chi connectivity index (χ0n) is 44.7. The van der Waals surface area contributed by atoms with Crippen LogP contribution in [0.25, 0.3) is 76.0 Å². The number of rotatable bonds is 19. The smallest absolute Gasteiger partial charge is 0.119 e. The number of hydrogen-bond acceptors (Lipinski definition) is 4. The van der Waals surface area contributed by atoms with E-state index < -0.39 is 8.07 Å². The van der Waals surface area contributed by atoms with Crippen LogP contribution < -0.4 is 10.4 Å². The molecule has 1 aliphatic rings. The minimum atomic E-state index is -2.05. The van der Waals surface area contributed by atoms with Crippen LogP contribution in [-0.2, 0) is 10.8 Å². The second-order valence-electron chi connectivity index (χ2n) is 22.9. The Balaban J connectivity index is 1.16. The van der Waals surface area contributed by atoms with Gasteiger partial charge in [0.1, 0.15) is 8.07 Å². The molecule has 0 unspecified atom stereocenters. The highest BCUT2D eigenvalue weighted by Gasteiger charge is 2.44. The van der Waals surface area contributed by atoms with E-state index in [0.29, 0.717) is 0 Å². The van der Waals surface area contributed by atoms with Gasteiger partial charge in [-0.1, -0.05) is 235 Å². The maximum Gasteiger partial charge on any atom is 0.119 e. The summed E-state index contributed by atoms with van der Waals surface area (Å²) in [6, 6.07) is 49.7. The Morgan fingerprint density at radius 3 is 1.32 bits per heavy atom. The molecule has 2 nitrogen and oxygen atoms in total. The minimum absolute atomic E-state index is 0.0459. The number of benzene rings is 5. The lowest BCUT2D eigenvalue weighted by Crippen LogP contribution is -2.55. The molecular formula is C66H78N2S2Si. The van der Waals surface area contributed by atoms with Gasteiger partial charge in [0.25, 0.3) is 0 Å². The zero-order chi connectivity index (χ0) is 49.9. The molecule has 3 aromatic heterocycles. The van der Waals surface area contributed by atoms with Crippen LogP contribution in [0.3, 0.4) is 0 Å². The van der Waals surface area contributed by atoms with Crippen LogP contribution in [0, 0.1) is 13.8 Å². The first-order valence-electron chi connectivity index (χ1n) is 27.2. The fourth-order valence-electron chi connectivity index (χ4n) is 11.2. The highest BCUT2D eigenvalue weighted by molar-refractivity contribution is 7.19. The lowest BCUT2D eigenvalue weighted by molar-refractivity contribution is 0.590. The number of aromatic nitrogens is 2. The van der Waals surface area contributed by atoms with Crippen molar-refractivity contribution in [1.29, 1.82) is 0 Å². The first-order valence-corrected chi connectivity index (χ1v) is 31.2. The first-order chi connectivity index (χ1) is 34.2. The van der Waals surface area contributed by atoms with E-state index in [1.165, 1.54) is 142 Å². The zero-order valence-corrected chi connectivity index (χ0v) is 47.3. The Kier molecular flexibility index (Phi) is 15.5. The van der Waals surface area contributed by atoms with Crippen LogP contribution in [0.1, 0.15) is 154 Å². The third-order valence-corrected chi connectivity index (χ3v) is 23.0. The van der Waals surface area contributed by atoms with Gasteiger partial charge in [-0.05, 0) is 99.2 Å². The van der Waals surface area contributed by atoms with Gasteiger partial charge in [0, 0.05) is 41.8 Å². The summed E-state index contributed by atoms with van der Waals surface area (Å²) in [6.45, 7) is 22.8. The van der Waals surface area contributed by atoms with Crippen molar-refractivity contribution in [3.05, 3.63) is 143 Å². The number of nitrogens with zero attached hydrogens (tertiary/aromatic N) is 2. The van der Waals surface area contributed by atoms with Crippen molar-refractivity contribution in [3.8, 4) is 65.0 Å². The van der Waals surface area contributed by atoms with Gasteiger partial charge in [-0.15, -0.1) is 22.7 Å². The molecule has 0 spiro atoms. The van der Waals surface area contributed by atoms with E-state index in [1.807, 2.05) is 22.7 Å². The molecule has 0 amide bonds. The number of thiophene rings is 2. The predicted molar refractivity (Wildman–Crippen MR) is 316 cm³/mol. The first kappa shape index (κ1) is 51.0. The lowest BCUT2D eigenvalue weighted by atomic mass is 9.85. The molecule has 0 N–H and O–H groups in total. The molecule has 5 heteroatoms. The van der Waals surface area contributed by atoms with Gasteiger partial charge < -0.3 is 0 Å². The largest absolute Gasteiger partial charge is 0.243 e. The van der Waals surface area contributed by atoms with Gasteiger partial charge >= 0.3 is 0 Å². The van der Waals surface area contributed by atoms with Crippen molar-refractivity contribution in [3.63, 3.8) is 0 Å². The molecule has 0 bridgehead atoms. The van der Waals surface area contributed by atoms with Crippen LogP contribution in [0.2, 0.25) is 12.1 Å². The SMILES string of the molecule is CCCCCCCC[Si]1(CCCCCCCC)c2cc(C)ccc2-c2ccc(-c3ccc(-c4ccc(-c5ccc(C)s5)c5nc(-c6ccc(C(C)(C)C)cc6)c(-c6ccc(C(C)(C)C)cc6)nc45)s3)cc21. The van der Waals surface area contributed by atoms with E-state index in [2.05, 4.69) is 191 Å². The maximum absolute atomic E-state index is 5.79. The number of hydrogen-bond donors (Lipinski definition) is 0. The summed E-state index contributed by atoms with van der Waals surface area (Å²) >= 11 is 3.74. The van der Waals surface area contributed by atoms with Gasteiger partial charge in [-0.3, -0.25) is 0 Å². The normalized spacial score (nSPS) is 13.3. The Morgan fingerprint density at radius 2 is 0.831 bits per heavy atom. The highest BCUT2D eigenvalue weighted by atomic mass is 32.1. The van der Waals surface area contributed by atoms with Crippen LogP contribution in [-0.4, -0.2) is 18.0 Å². The number of aryl methyl sites for hydroxylation is 2. The lowest BCUT2D eigenvalue weighted by Gasteiger charge is -2.31. The van der Waals surface area contributed by atoms with Crippen LogP contribution in [0.5, 0.6) is 0 Å². The monoisotopic (exact) mass is 991 g/mol. The summed E-state index contributed by atoms with van der Waals surface area (Å²) in [5.74, 6) is 0. The van der Waals surface area contributed by atoms with Gasteiger partial charge in [-0.2, -0.15) is 0 Å². The van der Waals surface area contributed by atoms with Gasteiger partial charge in [0.15, 0.2) is 0 Å². The second kappa shape index (κ2) is 21.6. The van der Waals surface area contributed by atoms with Crippen LogP contribution >= 0.6 is 22.7 Å². The Labute approximate surface area is 436 Å². The maximum atomic E-state index is 5.79. The topological polar surface area (TPSA) is 25.8 Å². The van der Waals surface area contributed by atoms with Crippen LogP contribution in [0.15, 0.2) is 121 Å². The van der Waals surface area contributed by atoms with E-state index in [0.717, 1.165) is 44.7 Å². The highest BCUT2D eigenvalue weighted by Crippen LogP contribution is 2.45. The van der Waals surface area contributed by atoms with Crippen molar-refractivity contribution in [2.24, 2.45) is 0 Å². The summed E-state index contributed by atoms with van der Waals surface area (Å²) in [7, 11) is -2.05. The molecule has 0 fully saturated rings. The fourth-order valence-corrected chi connectivity index (χ4v) is 18.9. The average Bonchev–Trinajstić information content (AvgIpc) is 4.09. The third kappa shape index (κ3) is 10.9. The molecule has 0 radical (unpaired) electrons. The van der Waals surface area contributed by atoms with E-state index in [4.69, 9.17) is 9.97 Å². The molecule has 1 aliphatic heterocycles. The molecule has 0 saturated heterocycles. The molecule has 8 aromatic rings. The van der Waals surface area contributed by atoms with Gasteiger partial charge in [0.2, 0.25) is 0 Å². The summed E-state index contributed by atoms with van der Waals surface area (Å²) in [5, 5.41) is 3.42. The summed E-state index contributed by atoms with van der Waals surface area (Å²) in [6.07, 6.45) is 16.2. The van der Waals surface area contributed by atoms with E-state index in [-0.39, 0.29) is 10.8 Å². The predicted octanol–water partition coefficient (Wildman–Crippen LogP) is 19.6. The van der Waals surface area contributed by atoms with Crippen LogP contribution in [0.4, 0.5) is 0 Å². The van der Waals surface area contributed by atoms with Crippen molar-refractivity contribution >= 4 is 52.2 Å². The Hall–Kier alpha value is -4.94. The standard InChI is InChI=1S/C66H78N2S2Si/c1-11-13-15-17-19-21-41-71(42-22-20-18-16-14-12-2)59-43-45(3)23-34-52(59)53-35-29-49(44-60(53)71)56-39-40-58(70-56)55-37-36-54(57-38-24-46(4)69-57)63-64(55)68-62(48-27-32-51(33-28-48)66(8,9)10)61(67-63)47-25-30-50(31-26-47)65(5,6)7/h23-40,43-44H,11-22,41-42H2,1-10H3. The van der Waals surface area contributed by atoms with Gasteiger partial charge in [-0.25, -0.2) is 9.97 Å².